The third kappa shape index (κ3) is 1.79. The maximum Gasteiger partial charge on any atom is 0.0998 e. The molecule has 0 heterocycles. The molecule has 0 fully saturated rings. The Kier molecular flexibility index (Phi) is 3.57. The Morgan fingerprint density at radius 2 is 1.00 bits per heavy atom. The molecule has 0 N–H and O–H groups in total. The second-order valence-corrected chi connectivity index (χ2v) is 4.90. The molecule has 0 aliphatic carbocycles. The number of nitrogens with zero attached hydrogens (tertiary/aromatic N) is 2. The second-order valence-electron chi connectivity index (χ2n) is 3.39. The third-order valence-electron chi connectivity index (χ3n) is 2.46. The van der Waals surface area contributed by atoms with Gasteiger partial charge < -0.3 is 0 Å². The first-order valence-electron chi connectivity index (χ1n) is 4.61. The molecular formula is C12H2Cl4N2. The molecule has 2 aromatic carbocycles. The molecule has 6 heteroatoms. The van der Waals surface area contributed by atoms with E-state index in [4.69, 9.17) is 56.9 Å². The lowest BCUT2D eigenvalue weighted by atomic mass is 10.0. The van der Waals surface area contributed by atoms with Gasteiger partial charge in [-0.1, -0.05) is 46.4 Å². The molecule has 0 radical (unpaired) electrons. The summed E-state index contributed by atoms with van der Waals surface area (Å²) in [5, 5.41) is 19.2. The van der Waals surface area contributed by atoms with E-state index >= 15 is 0 Å². The summed E-state index contributed by atoms with van der Waals surface area (Å²) < 4.78 is 0. The second kappa shape index (κ2) is 4.84. The maximum atomic E-state index is 9.06. The zero-order valence-electron chi connectivity index (χ0n) is 8.56. The van der Waals surface area contributed by atoms with Crippen molar-refractivity contribution in [1.29, 1.82) is 10.5 Å². The highest BCUT2D eigenvalue weighted by atomic mass is 35.5. The number of hydrogen-bond donors (Lipinski definition) is 0. The van der Waals surface area contributed by atoms with Crippen LogP contribution in [0.5, 0.6) is 0 Å². The Morgan fingerprint density at radius 3 is 1.28 bits per heavy atom. The average Bonchev–Trinajstić information content (AvgIpc) is 2.40. The van der Waals surface area contributed by atoms with Gasteiger partial charge in [0.15, 0.2) is 0 Å². The number of hydrogen-bond acceptors (Lipinski definition) is 2. The van der Waals surface area contributed by atoms with Crippen LogP contribution in [-0.2, 0) is 0 Å². The minimum absolute atomic E-state index is 0.0717. The van der Waals surface area contributed by atoms with Gasteiger partial charge in [0.05, 0.1) is 43.4 Å². The van der Waals surface area contributed by atoms with Crippen molar-refractivity contribution in [2.45, 2.75) is 0 Å². The highest BCUT2D eigenvalue weighted by Gasteiger charge is 2.19. The molecule has 2 aromatic rings. The van der Waals surface area contributed by atoms with Crippen LogP contribution < -0.4 is 0 Å². The van der Waals surface area contributed by atoms with Gasteiger partial charge in [-0.05, 0) is 12.1 Å². The maximum absolute atomic E-state index is 9.06. The Morgan fingerprint density at radius 1 is 0.667 bits per heavy atom. The van der Waals surface area contributed by atoms with E-state index in [-0.39, 0.29) is 31.2 Å². The molecule has 0 aliphatic rings. The van der Waals surface area contributed by atoms with Gasteiger partial charge in [0.2, 0.25) is 0 Å². The van der Waals surface area contributed by atoms with Crippen LogP contribution in [0.3, 0.4) is 0 Å². The molecule has 0 spiro atoms. The standard InChI is InChI=1S/C12H2Cl4N2/c13-9-7-5(3-17)1-2-6(4-18)8(7)10(14)12(16)11(9)15/h1-2H. The molecular weight excluding hydrogens is 314 g/mol. The molecule has 0 bridgehead atoms. The molecule has 2 nitrogen and oxygen atoms in total. The fourth-order valence-corrected chi connectivity index (χ4v) is 2.71. The van der Waals surface area contributed by atoms with Crippen molar-refractivity contribution in [3.8, 4) is 12.1 Å². The third-order valence-corrected chi connectivity index (χ3v) is 4.27. The molecule has 2 rings (SSSR count). The lowest BCUT2D eigenvalue weighted by molar-refractivity contribution is 1.48. The average molecular weight is 316 g/mol. The normalized spacial score (nSPS) is 10.1. The zero-order valence-corrected chi connectivity index (χ0v) is 11.6. The van der Waals surface area contributed by atoms with Crippen LogP contribution in [-0.4, -0.2) is 0 Å². The van der Waals surface area contributed by atoms with Crippen molar-refractivity contribution in [3.05, 3.63) is 43.4 Å². The lowest BCUT2D eigenvalue weighted by Gasteiger charge is -2.10. The van der Waals surface area contributed by atoms with Crippen molar-refractivity contribution in [1.82, 2.24) is 0 Å². The van der Waals surface area contributed by atoms with E-state index in [1.807, 2.05) is 12.1 Å². The molecule has 0 amide bonds. The van der Waals surface area contributed by atoms with Gasteiger partial charge in [-0.3, -0.25) is 0 Å². The molecule has 0 saturated carbocycles. The minimum Gasteiger partial charge on any atom is -0.192 e. The summed E-state index contributed by atoms with van der Waals surface area (Å²) in [6.07, 6.45) is 0. The Labute approximate surface area is 123 Å². The smallest absolute Gasteiger partial charge is 0.0998 e. The van der Waals surface area contributed by atoms with Crippen LogP contribution in [0.15, 0.2) is 12.1 Å². The fraction of sp³-hybridized carbons (Fsp3) is 0. The summed E-state index contributed by atoms with van der Waals surface area (Å²) in [5.74, 6) is 0. The predicted octanol–water partition coefficient (Wildman–Crippen LogP) is 5.20. The van der Waals surface area contributed by atoms with Crippen LogP contribution in [0.4, 0.5) is 0 Å². The highest BCUT2D eigenvalue weighted by Crippen LogP contribution is 2.45. The molecule has 88 valence electrons. The van der Waals surface area contributed by atoms with Crippen molar-refractivity contribution in [2.24, 2.45) is 0 Å². The van der Waals surface area contributed by atoms with E-state index in [1.54, 1.807) is 0 Å². The van der Waals surface area contributed by atoms with Gasteiger partial charge in [-0.15, -0.1) is 0 Å². The van der Waals surface area contributed by atoms with Crippen molar-refractivity contribution >= 4 is 57.2 Å². The summed E-state index contributed by atoms with van der Waals surface area (Å²) in [4.78, 5) is 0. The van der Waals surface area contributed by atoms with E-state index in [0.717, 1.165) is 0 Å². The monoisotopic (exact) mass is 314 g/mol. The number of halogens is 4. The first-order chi connectivity index (χ1) is 8.52. The number of benzene rings is 2. The number of fused-ring (bicyclic) bond motifs is 1. The zero-order chi connectivity index (χ0) is 13.4. The van der Waals surface area contributed by atoms with Gasteiger partial charge >= 0.3 is 0 Å². The molecule has 0 saturated heterocycles. The minimum atomic E-state index is 0.0717. The summed E-state index contributed by atoms with van der Waals surface area (Å²) in [6, 6.07) is 6.95. The quantitative estimate of drug-likeness (QED) is 0.495. The van der Waals surface area contributed by atoms with Crippen molar-refractivity contribution < 1.29 is 0 Å². The first kappa shape index (κ1) is 13.3. The summed E-state index contributed by atoms with van der Waals surface area (Å²) in [7, 11) is 0. The van der Waals surface area contributed by atoms with Crippen molar-refractivity contribution in [2.75, 3.05) is 0 Å². The van der Waals surface area contributed by atoms with Crippen LogP contribution in [0, 0.1) is 22.7 Å². The largest absolute Gasteiger partial charge is 0.192 e. The van der Waals surface area contributed by atoms with Gasteiger partial charge in [-0.2, -0.15) is 10.5 Å². The molecule has 0 aromatic heterocycles. The van der Waals surface area contributed by atoms with Gasteiger partial charge in [0, 0.05) is 10.8 Å². The summed E-state index contributed by atoms with van der Waals surface area (Å²) in [5.41, 5.74) is 0.573. The van der Waals surface area contributed by atoms with Gasteiger partial charge in [0.25, 0.3) is 0 Å². The van der Waals surface area contributed by atoms with Crippen LogP contribution in [0.1, 0.15) is 11.1 Å². The van der Waals surface area contributed by atoms with E-state index in [0.29, 0.717) is 10.8 Å². The molecule has 0 aliphatic heterocycles. The molecule has 0 atom stereocenters. The van der Waals surface area contributed by atoms with Crippen LogP contribution >= 0.6 is 46.4 Å². The van der Waals surface area contributed by atoms with Crippen LogP contribution in [0.25, 0.3) is 10.8 Å². The first-order valence-corrected chi connectivity index (χ1v) is 6.13. The SMILES string of the molecule is N#Cc1ccc(C#N)c2c(Cl)c(Cl)c(Cl)c(Cl)c12. The molecule has 18 heavy (non-hydrogen) atoms. The van der Waals surface area contributed by atoms with E-state index in [9.17, 15) is 0 Å². The predicted molar refractivity (Wildman–Crippen MR) is 73.4 cm³/mol. The summed E-state index contributed by atoms with van der Waals surface area (Å²) in [6.45, 7) is 0. The summed E-state index contributed by atoms with van der Waals surface area (Å²) >= 11 is 24.1. The van der Waals surface area contributed by atoms with Crippen LogP contribution in [0.2, 0.25) is 20.1 Å². The topological polar surface area (TPSA) is 47.6 Å². The number of nitriles is 2. The van der Waals surface area contributed by atoms with E-state index < -0.39 is 0 Å². The van der Waals surface area contributed by atoms with Gasteiger partial charge in [0.1, 0.15) is 0 Å². The number of rotatable bonds is 0. The fourth-order valence-electron chi connectivity index (χ4n) is 1.66. The van der Waals surface area contributed by atoms with Crippen molar-refractivity contribution in [3.63, 3.8) is 0 Å². The highest BCUT2D eigenvalue weighted by molar-refractivity contribution is 6.55. The Balaban J connectivity index is 3.20. The van der Waals surface area contributed by atoms with E-state index in [2.05, 4.69) is 0 Å². The Bertz CT molecular complexity index is 689. The lowest BCUT2D eigenvalue weighted by Crippen LogP contribution is -1.89. The van der Waals surface area contributed by atoms with E-state index in [1.165, 1.54) is 12.1 Å². The van der Waals surface area contributed by atoms with Gasteiger partial charge in [-0.25, -0.2) is 0 Å². The Hall–Kier alpha value is -1.16. The molecule has 0 unspecified atom stereocenters.